The van der Waals surface area contributed by atoms with Gasteiger partial charge in [-0.25, -0.2) is 0 Å². The first kappa shape index (κ1) is 11.1. The average molecular weight is 228 g/mol. The smallest absolute Gasteiger partial charge is 0.0873 e. The van der Waals surface area contributed by atoms with Crippen LogP contribution in [-0.2, 0) is 0 Å². The molecule has 5 nitrogen and oxygen atoms in total. The summed E-state index contributed by atoms with van der Waals surface area (Å²) in [5.74, 6) is 0. The number of nitroso groups, excluding NO2 is 2. The second-order valence-corrected chi connectivity index (χ2v) is 3.44. The third-order valence-electron chi connectivity index (χ3n) is 2.47. The normalized spacial score (nSPS) is 10.8. The molecule has 5 heteroatoms. The summed E-state index contributed by atoms with van der Waals surface area (Å²) in [6.07, 6.45) is 0. The van der Waals surface area contributed by atoms with Gasteiger partial charge in [-0.1, -0.05) is 46.2 Å². The van der Waals surface area contributed by atoms with Crippen molar-refractivity contribution in [3.05, 3.63) is 70.5 Å². The van der Waals surface area contributed by atoms with Gasteiger partial charge < -0.3 is 0 Å². The number of rotatable bonds is 4. The summed E-state index contributed by atoms with van der Waals surface area (Å²) in [6.45, 7) is 0. The minimum atomic E-state index is -0.943. The van der Waals surface area contributed by atoms with Gasteiger partial charge in [0.1, 0.15) is 0 Å². The van der Waals surface area contributed by atoms with Gasteiger partial charge in [0.05, 0.1) is 4.70 Å². The standard InChI is InChI=1S/C12H10N3O2/c16-13-15(14-17,11-7-3-1-4-8-11)12-9-5-2-6-10-12/h1-10H/q+1. The molecule has 0 amide bonds. The summed E-state index contributed by atoms with van der Waals surface area (Å²) < 4.78 is -0.943. The molecule has 0 aliphatic rings. The van der Waals surface area contributed by atoms with E-state index >= 15 is 0 Å². The van der Waals surface area contributed by atoms with Gasteiger partial charge in [0.2, 0.25) is 0 Å². The molecule has 2 aromatic rings. The second kappa shape index (κ2) is 4.63. The van der Waals surface area contributed by atoms with E-state index in [1.165, 1.54) is 0 Å². The van der Waals surface area contributed by atoms with Gasteiger partial charge in [0.25, 0.3) is 0 Å². The Morgan fingerprint density at radius 2 is 1.00 bits per heavy atom. The van der Waals surface area contributed by atoms with E-state index in [2.05, 4.69) is 10.6 Å². The van der Waals surface area contributed by atoms with Crippen LogP contribution >= 0.6 is 0 Å². The zero-order chi connectivity index (χ0) is 12.1. The van der Waals surface area contributed by atoms with Crippen molar-refractivity contribution in [1.29, 1.82) is 0 Å². The van der Waals surface area contributed by atoms with Gasteiger partial charge in [0, 0.05) is 24.3 Å². The molecular formula is C12H10N3O2+. The molecule has 0 fully saturated rings. The first-order chi connectivity index (χ1) is 8.33. The number of benzene rings is 2. The van der Waals surface area contributed by atoms with E-state index in [4.69, 9.17) is 0 Å². The molecule has 0 aliphatic carbocycles. The van der Waals surface area contributed by atoms with E-state index in [1.807, 2.05) is 0 Å². The molecule has 0 aliphatic heterocycles. The van der Waals surface area contributed by atoms with Gasteiger partial charge >= 0.3 is 0 Å². The maximum absolute atomic E-state index is 11.1. The van der Waals surface area contributed by atoms with E-state index in [0.29, 0.717) is 11.4 Å². The maximum atomic E-state index is 11.1. The summed E-state index contributed by atoms with van der Waals surface area (Å²) in [7, 11) is 0. The Kier molecular flexibility index (Phi) is 3.02. The van der Waals surface area contributed by atoms with E-state index in [-0.39, 0.29) is 0 Å². The Bertz CT molecular complexity index is 464. The zero-order valence-electron chi connectivity index (χ0n) is 8.93. The number of nitrogens with zero attached hydrogens (tertiary/aromatic N) is 3. The molecule has 0 atom stereocenters. The van der Waals surface area contributed by atoms with Crippen LogP contribution in [0.5, 0.6) is 0 Å². The Morgan fingerprint density at radius 3 is 1.29 bits per heavy atom. The van der Waals surface area contributed by atoms with Crippen LogP contribution in [0, 0.1) is 9.81 Å². The highest BCUT2D eigenvalue weighted by Crippen LogP contribution is 2.35. The summed E-state index contributed by atoms with van der Waals surface area (Å²) in [6, 6.07) is 17.0. The maximum Gasteiger partial charge on any atom is 0.199 e. The minimum absolute atomic E-state index is 0.406. The first-order valence-corrected chi connectivity index (χ1v) is 5.03. The molecule has 0 bridgehead atoms. The van der Waals surface area contributed by atoms with Crippen molar-refractivity contribution in [3.8, 4) is 0 Å². The Labute approximate surface area is 97.8 Å². The SMILES string of the molecule is O=N[N+](N=O)(c1ccccc1)c1ccccc1. The summed E-state index contributed by atoms with van der Waals surface area (Å²) in [5.41, 5.74) is 0.812. The lowest BCUT2D eigenvalue weighted by Crippen LogP contribution is -2.30. The third kappa shape index (κ3) is 1.83. The van der Waals surface area contributed by atoms with Crippen molar-refractivity contribution in [2.75, 3.05) is 0 Å². The summed E-state index contributed by atoms with van der Waals surface area (Å²) in [4.78, 5) is 22.2. The largest absolute Gasteiger partial charge is 0.199 e. The van der Waals surface area contributed by atoms with Crippen LogP contribution < -0.4 is 4.70 Å². The lowest BCUT2D eigenvalue weighted by Gasteiger charge is -2.15. The molecule has 2 rings (SSSR count). The molecule has 0 aromatic heterocycles. The Morgan fingerprint density at radius 1 is 0.647 bits per heavy atom. The van der Waals surface area contributed by atoms with Crippen LogP contribution in [0.25, 0.3) is 0 Å². The molecule has 0 radical (unpaired) electrons. The Hall–Kier alpha value is -2.40. The van der Waals surface area contributed by atoms with Crippen molar-refractivity contribution in [2.45, 2.75) is 0 Å². The van der Waals surface area contributed by atoms with Crippen molar-refractivity contribution >= 4 is 11.4 Å². The van der Waals surface area contributed by atoms with Crippen LogP contribution in [0.4, 0.5) is 11.4 Å². The zero-order valence-corrected chi connectivity index (χ0v) is 8.93. The molecule has 0 saturated heterocycles. The molecule has 0 unspecified atom stereocenters. The lowest BCUT2D eigenvalue weighted by molar-refractivity contribution is 0.416. The fraction of sp³-hybridized carbons (Fsp3) is 0. The number of hydrogen-bond acceptors (Lipinski definition) is 4. The number of quaternary nitrogens is 1. The van der Waals surface area contributed by atoms with Gasteiger partial charge in [-0.2, -0.15) is 0 Å². The van der Waals surface area contributed by atoms with Crippen molar-refractivity contribution in [3.63, 3.8) is 0 Å². The molecule has 0 saturated carbocycles. The van der Waals surface area contributed by atoms with E-state index < -0.39 is 4.70 Å². The lowest BCUT2D eigenvalue weighted by atomic mass is 10.2. The quantitative estimate of drug-likeness (QED) is 0.455. The van der Waals surface area contributed by atoms with Crippen LogP contribution in [-0.4, -0.2) is 0 Å². The van der Waals surface area contributed by atoms with Gasteiger partial charge in [-0.05, 0) is 0 Å². The van der Waals surface area contributed by atoms with Gasteiger partial charge in [0.15, 0.2) is 21.9 Å². The molecule has 0 N–H and O–H groups in total. The summed E-state index contributed by atoms with van der Waals surface area (Å²) in [5, 5.41) is 5.77. The highest BCUT2D eigenvalue weighted by molar-refractivity contribution is 5.56. The molecular weight excluding hydrogens is 218 g/mol. The predicted molar refractivity (Wildman–Crippen MR) is 65.9 cm³/mol. The average Bonchev–Trinajstić information content (AvgIpc) is 2.43. The van der Waals surface area contributed by atoms with Crippen LogP contribution in [0.3, 0.4) is 0 Å². The van der Waals surface area contributed by atoms with Crippen molar-refractivity contribution < 1.29 is 0 Å². The van der Waals surface area contributed by atoms with Gasteiger partial charge in [-0.15, -0.1) is 0 Å². The second-order valence-electron chi connectivity index (χ2n) is 3.44. The van der Waals surface area contributed by atoms with E-state index in [9.17, 15) is 9.81 Å². The number of hydrogen-bond donors (Lipinski definition) is 0. The predicted octanol–water partition coefficient (Wildman–Crippen LogP) is 3.69. The van der Waals surface area contributed by atoms with E-state index in [1.54, 1.807) is 60.7 Å². The fourth-order valence-electron chi connectivity index (χ4n) is 1.62. The van der Waals surface area contributed by atoms with Crippen molar-refractivity contribution in [2.24, 2.45) is 10.6 Å². The van der Waals surface area contributed by atoms with Gasteiger partial charge in [-0.3, -0.25) is 0 Å². The van der Waals surface area contributed by atoms with Crippen LogP contribution in [0.2, 0.25) is 0 Å². The topological polar surface area (TPSA) is 58.9 Å². The fourth-order valence-corrected chi connectivity index (χ4v) is 1.62. The molecule has 0 spiro atoms. The van der Waals surface area contributed by atoms with Crippen molar-refractivity contribution in [1.82, 2.24) is 4.70 Å². The Balaban J connectivity index is 2.62. The molecule has 17 heavy (non-hydrogen) atoms. The highest BCUT2D eigenvalue weighted by Gasteiger charge is 2.39. The third-order valence-corrected chi connectivity index (χ3v) is 2.47. The molecule has 84 valence electrons. The first-order valence-electron chi connectivity index (χ1n) is 5.03. The molecule has 0 heterocycles. The molecule has 2 aromatic carbocycles. The number of para-hydroxylation sites is 2. The summed E-state index contributed by atoms with van der Waals surface area (Å²) >= 11 is 0. The monoisotopic (exact) mass is 228 g/mol. The van der Waals surface area contributed by atoms with Crippen LogP contribution in [0.1, 0.15) is 0 Å². The minimum Gasteiger partial charge on any atom is -0.0873 e. The van der Waals surface area contributed by atoms with E-state index in [0.717, 1.165) is 0 Å². The highest BCUT2D eigenvalue weighted by atomic mass is 16.4. The van der Waals surface area contributed by atoms with Crippen LogP contribution in [0.15, 0.2) is 71.2 Å².